The van der Waals surface area contributed by atoms with Crippen molar-refractivity contribution in [3.63, 3.8) is 0 Å². The van der Waals surface area contributed by atoms with Crippen molar-refractivity contribution in [3.8, 4) is 0 Å². The molecule has 4 rings (SSSR count). The third kappa shape index (κ3) is 4.88. The van der Waals surface area contributed by atoms with E-state index in [9.17, 15) is 13.2 Å². The highest BCUT2D eigenvalue weighted by Gasteiger charge is 2.34. The number of amides is 1. The molecule has 31 heavy (non-hydrogen) atoms. The van der Waals surface area contributed by atoms with E-state index in [1.165, 1.54) is 15.6 Å². The van der Waals surface area contributed by atoms with Gasteiger partial charge in [-0.1, -0.05) is 54.1 Å². The maximum Gasteiger partial charge on any atom is 0.252 e. The summed E-state index contributed by atoms with van der Waals surface area (Å²) in [6.45, 7) is 3.65. The Morgan fingerprint density at radius 2 is 1.61 bits per heavy atom. The van der Waals surface area contributed by atoms with Gasteiger partial charge in [0.1, 0.15) is 10.3 Å². The number of hydrogen-bond donors (Lipinski definition) is 1. The van der Waals surface area contributed by atoms with Crippen molar-refractivity contribution in [3.05, 3.63) is 83.2 Å². The smallest absolute Gasteiger partial charge is 0.252 e. The second-order valence-electron chi connectivity index (χ2n) is 7.54. The SMILES string of the molecule is Cc1ccc(NC(=O)[C@H](c2ccccc2)N2CCN(S(=O)(=O)c3cccs3)CC2)cc1. The first-order valence-corrected chi connectivity index (χ1v) is 12.5. The van der Waals surface area contributed by atoms with Crippen LogP contribution in [0, 0.1) is 6.92 Å². The van der Waals surface area contributed by atoms with Gasteiger partial charge in [-0.15, -0.1) is 11.3 Å². The zero-order valence-corrected chi connectivity index (χ0v) is 18.9. The van der Waals surface area contributed by atoms with Gasteiger partial charge < -0.3 is 5.32 Å². The molecule has 0 aliphatic carbocycles. The summed E-state index contributed by atoms with van der Waals surface area (Å²) in [5, 5.41) is 4.79. The molecule has 0 unspecified atom stereocenters. The number of piperazine rings is 1. The van der Waals surface area contributed by atoms with Crippen molar-refractivity contribution in [2.45, 2.75) is 17.2 Å². The predicted molar refractivity (Wildman–Crippen MR) is 124 cm³/mol. The van der Waals surface area contributed by atoms with Crippen molar-refractivity contribution < 1.29 is 13.2 Å². The molecule has 1 saturated heterocycles. The van der Waals surface area contributed by atoms with Gasteiger partial charge in [0.25, 0.3) is 10.0 Å². The second-order valence-corrected chi connectivity index (χ2v) is 10.7. The fourth-order valence-electron chi connectivity index (χ4n) is 3.75. The van der Waals surface area contributed by atoms with E-state index in [-0.39, 0.29) is 5.91 Å². The molecule has 1 amide bonds. The summed E-state index contributed by atoms with van der Waals surface area (Å²) < 4.78 is 27.5. The van der Waals surface area contributed by atoms with Crippen LogP contribution in [-0.4, -0.2) is 49.7 Å². The lowest BCUT2D eigenvalue weighted by molar-refractivity contribution is -0.122. The van der Waals surface area contributed by atoms with Crippen LogP contribution in [0.4, 0.5) is 5.69 Å². The highest BCUT2D eigenvalue weighted by Crippen LogP contribution is 2.27. The Morgan fingerprint density at radius 3 is 2.23 bits per heavy atom. The van der Waals surface area contributed by atoms with Crippen molar-refractivity contribution in [2.24, 2.45) is 0 Å². The topological polar surface area (TPSA) is 69.7 Å². The Kier molecular flexibility index (Phi) is 6.52. The van der Waals surface area contributed by atoms with E-state index in [1.54, 1.807) is 17.5 Å². The second kappa shape index (κ2) is 9.32. The Hall–Kier alpha value is -2.52. The van der Waals surface area contributed by atoms with Gasteiger partial charge in [-0.25, -0.2) is 8.42 Å². The van der Waals surface area contributed by atoms with Crippen LogP contribution < -0.4 is 5.32 Å². The third-order valence-electron chi connectivity index (χ3n) is 5.41. The molecule has 3 aromatic rings. The van der Waals surface area contributed by atoms with Crippen molar-refractivity contribution in [2.75, 3.05) is 31.5 Å². The highest BCUT2D eigenvalue weighted by atomic mass is 32.2. The number of anilines is 1. The average Bonchev–Trinajstić information content (AvgIpc) is 3.33. The normalized spacial score (nSPS) is 16.7. The van der Waals surface area contributed by atoms with Crippen molar-refractivity contribution in [1.82, 2.24) is 9.21 Å². The summed E-state index contributed by atoms with van der Waals surface area (Å²) in [7, 11) is -3.48. The van der Waals surface area contributed by atoms with Gasteiger partial charge in [0, 0.05) is 31.9 Å². The van der Waals surface area contributed by atoms with Crippen LogP contribution in [0.1, 0.15) is 17.2 Å². The fraction of sp³-hybridized carbons (Fsp3) is 0.261. The molecule has 8 heteroatoms. The number of carbonyl (C=O) groups is 1. The van der Waals surface area contributed by atoms with Crippen LogP contribution in [0.2, 0.25) is 0 Å². The number of nitrogens with one attached hydrogen (secondary N) is 1. The number of rotatable bonds is 6. The third-order valence-corrected chi connectivity index (χ3v) is 8.68. The molecule has 1 atom stereocenters. The molecule has 0 saturated carbocycles. The summed E-state index contributed by atoms with van der Waals surface area (Å²) >= 11 is 1.23. The maximum atomic E-state index is 13.3. The number of benzene rings is 2. The molecule has 1 aliphatic heterocycles. The molecule has 1 aliphatic rings. The molecular formula is C23H25N3O3S2. The predicted octanol–water partition coefficient (Wildman–Crippen LogP) is 3.74. The number of hydrogen-bond acceptors (Lipinski definition) is 5. The fourth-order valence-corrected chi connectivity index (χ4v) is 6.32. The molecule has 0 bridgehead atoms. The van der Waals surface area contributed by atoms with Gasteiger partial charge in [-0.2, -0.15) is 4.31 Å². The van der Waals surface area contributed by atoms with Crippen molar-refractivity contribution in [1.29, 1.82) is 0 Å². The largest absolute Gasteiger partial charge is 0.324 e. The van der Waals surface area contributed by atoms with Crippen molar-refractivity contribution >= 4 is 33.0 Å². The van der Waals surface area contributed by atoms with Gasteiger partial charge in [0.05, 0.1) is 0 Å². The summed E-state index contributed by atoms with van der Waals surface area (Å²) in [6.07, 6.45) is 0. The lowest BCUT2D eigenvalue weighted by Crippen LogP contribution is -2.51. The number of sulfonamides is 1. The summed E-state index contributed by atoms with van der Waals surface area (Å²) in [5.74, 6) is -0.121. The number of carbonyl (C=O) groups excluding carboxylic acids is 1. The van der Waals surface area contributed by atoms with Gasteiger partial charge >= 0.3 is 0 Å². The molecule has 2 aromatic carbocycles. The van der Waals surface area contributed by atoms with E-state index in [2.05, 4.69) is 10.2 Å². The van der Waals surface area contributed by atoms with Gasteiger partial charge in [-0.3, -0.25) is 9.69 Å². The molecule has 1 fully saturated rings. The Balaban J connectivity index is 1.52. The zero-order valence-electron chi connectivity index (χ0n) is 17.3. The lowest BCUT2D eigenvalue weighted by Gasteiger charge is -2.38. The Morgan fingerprint density at radius 1 is 0.935 bits per heavy atom. The summed E-state index contributed by atoms with van der Waals surface area (Å²) in [4.78, 5) is 15.3. The maximum absolute atomic E-state index is 13.3. The van der Waals surface area contributed by atoms with E-state index in [0.29, 0.717) is 30.4 Å². The van der Waals surface area contributed by atoms with E-state index in [1.807, 2.05) is 61.5 Å². The standard InChI is InChI=1S/C23H25N3O3S2/c1-18-9-11-20(12-10-18)24-23(27)22(19-6-3-2-4-7-19)25-13-15-26(16-14-25)31(28,29)21-8-5-17-30-21/h2-12,17,22H,13-16H2,1H3,(H,24,27)/t22-/m0/s1. The quantitative estimate of drug-likeness (QED) is 0.615. The van der Waals surface area contributed by atoms with E-state index < -0.39 is 16.1 Å². The van der Waals surface area contributed by atoms with E-state index in [0.717, 1.165) is 16.8 Å². The number of thiophene rings is 1. The highest BCUT2D eigenvalue weighted by molar-refractivity contribution is 7.91. The van der Waals surface area contributed by atoms with Gasteiger partial charge in [0.2, 0.25) is 5.91 Å². The Bertz CT molecular complexity index is 1110. The Labute approximate surface area is 187 Å². The summed E-state index contributed by atoms with van der Waals surface area (Å²) in [6, 6.07) is 20.2. The molecule has 0 radical (unpaired) electrons. The molecule has 162 valence electrons. The number of aryl methyl sites for hydroxylation is 1. The van der Waals surface area contributed by atoms with Crippen LogP contribution in [0.3, 0.4) is 0 Å². The van der Waals surface area contributed by atoms with Gasteiger partial charge in [0.15, 0.2) is 0 Å². The first-order chi connectivity index (χ1) is 14.9. The first-order valence-electron chi connectivity index (χ1n) is 10.2. The minimum atomic E-state index is -3.48. The van der Waals surface area contributed by atoms with Crippen LogP contribution in [0.5, 0.6) is 0 Å². The minimum Gasteiger partial charge on any atom is -0.324 e. The van der Waals surface area contributed by atoms with Gasteiger partial charge in [-0.05, 0) is 36.1 Å². The summed E-state index contributed by atoms with van der Waals surface area (Å²) in [5.41, 5.74) is 2.76. The zero-order chi connectivity index (χ0) is 21.8. The lowest BCUT2D eigenvalue weighted by atomic mass is 10.0. The minimum absolute atomic E-state index is 0.121. The number of nitrogens with zero attached hydrogens (tertiary/aromatic N) is 2. The van der Waals surface area contributed by atoms with E-state index in [4.69, 9.17) is 0 Å². The molecule has 6 nitrogen and oxygen atoms in total. The molecule has 0 spiro atoms. The van der Waals surface area contributed by atoms with Crippen LogP contribution in [0.15, 0.2) is 76.3 Å². The van der Waals surface area contributed by atoms with Crippen LogP contribution in [-0.2, 0) is 14.8 Å². The van der Waals surface area contributed by atoms with Crippen LogP contribution in [0.25, 0.3) is 0 Å². The molecular weight excluding hydrogens is 430 g/mol. The average molecular weight is 456 g/mol. The van der Waals surface area contributed by atoms with Crippen LogP contribution >= 0.6 is 11.3 Å². The monoisotopic (exact) mass is 455 g/mol. The molecule has 1 aromatic heterocycles. The first kappa shape index (κ1) is 21.7. The van der Waals surface area contributed by atoms with E-state index >= 15 is 0 Å². The molecule has 2 heterocycles. The molecule has 1 N–H and O–H groups in total.